The Labute approximate surface area is 129 Å². The van der Waals surface area contributed by atoms with Crippen LogP contribution in [0.1, 0.15) is 35.7 Å². The number of furan rings is 1. The van der Waals surface area contributed by atoms with Crippen LogP contribution in [0.3, 0.4) is 0 Å². The van der Waals surface area contributed by atoms with Gasteiger partial charge in [-0.2, -0.15) is 0 Å². The minimum atomic E-state index is -0.215. The Morgan fingerprint density at radius 3 is 2.00 bits per heavy atom. The first-order chi connectivity index (χ1) is 10.4. The van der Waals surface area contributed by atoms with E-state index in [1.165, 1.54) is 0 Å². The van der Waals surface area contributed by atoms with E-state index in [1.807, 2.05) is 13.8 Å². The number of amides is 2. The van der Waals surface area contributed by atoms with Gasteiger partial charge in [-0.3, -0.25) is 9.59 Å². The summed E-state index contributed by atoms with van der Waals surface area (Å²) in [6.45, 7) is 7.22. The first-order valence-corrected chi connectivity index (χ1v) is 7.16. The summed E-state index contributed by atoms with van der Waals surface area (Å²) < 4.78 is 5.35. The monoisotopic (exact) mass is 300 g/mol. The lowest BCUT2D eigenvalue weighted by molar-refractivity contribution is -0.118. The van der Waals surface area contributed by atoms with Crippen LogP contribution in [0.15, 0.2) is 34.7 Å². The third-order valence-corrected chi connectivity index (χ3v) is 3.22. The molecule has 0 bridgehead atoms. The van der Waals surface area contributed by atoms with Crippen molar-refractivity contribution in [1.82, 2.24) is 0 Å². The average Bonchev–Trinajstić information content (AvgIpc) is 2.79. The second-order valence-electron chi connectivity index (χ2n) is 5.50. The lowest BCUT2D eigenvalue weighted by atomic mass is 10.2. The molecule has 116 valence electrons. The highest BCUT2D eigenvalue weighted by atomic mass is 16.3. The maximum absolute atomic E-state index is 12.2. The molecule has 0 radical (unpaired) electrons. The number of anilines is 2. The van der Waals surface area contributed by atoms with E-state index in [9.17, 15) is 9.59 Å². The van der Waals surface area contributed by atoms with Crippen LogP contribution in [-0.2, 0) is 4.79 Å². The van der Waals surface area contributed by atoms with Crippen LogP contribution in [0, 0.1) is 19.8 Å². The Bertz CT molecular complexity index is 684. The molecule has 2 aromatic rings. The molecule has 0 unspecified atom stereocenters. The van der Waals surface area contributed by atoms with Gasteiger partial charge in [-0.15, -0.1) is 0 Å². The van der Waals surface area contributed by atoms with Gasteiger partial charge in [-0.05, 0) is 44.2 Å². The van der Waals surface area contributed by atoms with Gasteiger partial charge in [0.25, 0.3) is 5.91 Å². The van der Waals surface area contributed by atoms with Gasteiger partial charge in [-0.1, -0.05) is 13.8 Å². The summed E-state index contributed by atoms with van der Waals surface area (Å²) in [4.78, 5) is 23.8. The number of rotatable bonds is 4. The van der Waals surface area contributed by atoms with Crippen LogP contribution in [0.25, 0.3) is 0 Å². The quantitative estimate of drug-likeness (QED) is 0.903. The molecule has 1 heterocycles. The van der Waals surface area contributed by atoms with E-state index in [0.29, 0.717) is 28.5 Å². The average molecular weight is 300 g/mol. The largest absolute Gasteiger partial charge is 0.466 e. The maximum atomic E-state index is 12.2. The van der Waals surface area contributed by atoms with E-state index in [4.69, 9.17) is 4.42 Å². The number of carbonyl (C=O) groups is 2. The molecule has 0 saturated carbocycles. The van der Waals surface area contributed by atoms with Gasteiger partial charge in [0.05, 0.1) is 5.56 Å². The second-order valence-corrected chi connectivity index (χ2v) is 5.50. The van der Waals surface area contributed by atoms with Gasteiger partial charge in [0.15, 0.2) is 0 Å². The minimum Gasteiger partial charge on any atom is -0.466 e. The van der Waals surface area contributed by atoms with Gasteiger partial charge in [-0.25, -0.2) is 0 Å². The summed E-state index contributed by atoms with van der Waals surface area (Å²) in [5.74, 6) is 0.964. The van der Waals surface area contributed by atoms with Crippen LogP contribution in [0.5, 0.6) is 0 Å². The SMILES string of the molecule is Cc1cc(C(=O)Nc2ccc(NC(=O)C(C)C)cc2)c(C)o1. The van der Waals surface area contributed by atoms with Gasteiger partial charge >= 0.3 is 0 Å². The highest BCUT2D eigenvalue weighted by Crippen LogP contribution is 2.18. The zero-order chi connectivity index (χ0) is 16.3. The summed E-state index contributed by atoms with van der Waals surface area (Å²) >= 11 is 0. The van der Waals surface area contributed by atoms with Crippen LogP contribution in [-0.4, -0.2) is 11.8 Å². The van der Waals surface area contributed by atoms with E-state index < -0.39 is 0 Å². The lowest BCUT2D eigenvalue weighted by Crippen LogP contribution is -2.17. The fourth-order valence-electron chi connectivity index (χ4n) is 1.98. The third kappa shape index (κ3) is 3.75. The predicted octanol–water partition coefficient (Wildman–Crippen LogP) is 3.74. The van der Waals surface area contributed by atoms with Crippen molar-refractivity contribution in [1.29, 1.82) is 0 Å². The number of carbonyl (C=O) groups excluding carboxylic acids is 2. The van der Waals surface area contributed by atoms with E-state index in [2.05, 4.69) is 10.6 Å². The highest BCUT2D eigenvalue weighted by Gasteiger charge is 2.13. The van der Waals surface area contributed by atoms with Gasteiger partial charge in [0.1, 0.15) is 11.5 Å². The molecule has 0 aliphatic carbocycles. The van der Waals surface area contributed by atoms with Crippen molar-refractivity contribution in [3.63, 3.8) is 0 Å². The molecule has 0 aliphatic heterocycles. The number of hydrogen-bond acceptors (Lipinski definition) is 3. The standard InChI is InChI=1S/C17H20N2O3/c1-10(2)16(20)18-13-5-7-14(8-6-13)19-17(21)15-9-11(3)22-12(15)4/h5-10H,1-4H3,(H,18,20)(H,19,21). The van der Waals surface area contributed by atoms with E-state index in [0.717, 1.165) is 0 Å². The lowest BCUT2D eigenvalue weighted by Gasteiger charge is -2.09. The van der Waals surface area contributed by atoms with Crippen molar-refractivity contribution >= 4 is 23.2 Å². The Morgan fingerprint density at radius 2 is 1.55 bits per heavy atom. The number of benzene rings is 1. The first-order valence-electron chi connectivity index (χ1n) is 7.16. The molecule has 0 atom stereocenters. The van der Waals surface area contributed by atoms with Gasteiger partial charge < -0.3 is 15.1 Å². The molecule has 22 heavy (non-hydrogen) atoms. The highest BCUT2D eigenvalue weighted by molar-refractivity contribution is 6.05. The molecule has 0 saturated heterocycles. The Morgan fingerprint density at radius 1 is 1.00 bits per heavy atom. The van der Waals surface area contributed by atoms with Crippen molar-refractivity contribution in [2.75, 3.05) is 10.6 Å². The number of nitrogens with one attached hydrogen (secondary N) is 2. The normalized spacial score (nSPS) is 10.6. The van der Waals surface area contributed by atoms with Crippen LogP contribution >= 0.6 is 0 Å². The molecular formula is C17H20N2O3. The minimum absolute atomic E-state index is 0.0405. The maximum Gasteiger partial charge on any atom is 0.259 e. The molecule has 2 rings (SSSR count). The first kappa shape index (κ1) is 15.8. The molecule has 0 spiro atoms. The Balaban J connectivity index is 2.03. The summed E-state index contributed by atoms with van der Waals surface area (Å²) in [6, 6.07) is 8.71. The predicted molar refractivity (Wildman–Crippen MR) is 86.0 cm³/mol. The van der Waals surface area contributed by atoms with Crippen LogP contribution in [0.2, 0.25) is 0 Å². The van der Waals surface area contributed by atoms with E-state index in [-0.39, 0.29) is 17.7 Å². The third-order valence-electron chi connectivity index (χ3n) is 3.22. The fourth-order valence-corrected chi connectivity index (χ4v) is 1.98. The molecule has 2 amide bonds. The Hall–Kier alpha value is -2.56. The topological polar surface area (TPSA) is 71.3 Å². The molecule has 0 fully saturated rings. The molecule has 2 N–H and O–H groups in total. The van der Waals surface area contributed by atoms with E-state index >= 15 is 0 Å². The molecule has 5 nitrogen and oxygen atoms in total. The molecule has 5 heteroatoms. The molecular weight excluding hydrogens is 280 g/mol. The molecule has 1 aromatic heterocycles. The fraction of sp³-hybridized carbons (Fsp3) is 0.294. The summed E-state index contributed by atoms with van der Waals surface area (Å²) in [5.41, 5.74) is 1.88. The van der Waals surface area contributed by atoms with Crippen LogP contribution in [0.4, 0.5) is 11.4 Å². The zero-order valence-electron chi connectivity index (χ0n) is 13.2. The second kappa shape index (κ2) is 6.47. The summed E-state index contributed by atoms with van der Waals surface area (Å²) in [6.07, 6.45) is 0. The van der Waals surface area contributed by atoms with Crippen molar-refractivity contribution < 1.29 is 14.0 Å². The van der Waals surface area contributed by atoms with Gasteiger partial charge in [0.2, 0.25) is 5.91 Å². The summed E-state index contributed by atoms with van der Waals surface area (Å²) in [7, 11) is 0. The zero-order valence-corrected chi connectivity index (χ0v) is 13.2. The van der Waals surface area contributed by atoms with E-state index in [1.54, 1.807) is 44.2 Å². The number of hydrogen-bond donors (Lipinski definition) is 2. The van der Waals surface area contributed by atoms with Gasteiger partial charge in [0, 0.05) is 17.3 Å². The van der Waals surface area contributed by atoms with Crippen molar-refractivity contribution in [2.24, 2.45) is 5.92 Å². The summed E-state index contributed by atoms with van der Waals surface area (Å²) in [5, 5.41) is 5.60. The molecule has 1 aromatic carbocycles. The molecule has 0 aliphatic rings. The smallest absolute Gasteiger partial charge is 0.259 e. The van der Waals surface area contributed by atoms with Crippen molar-refractivity contribution in [3.05, 3.63) is 47.4 Å². The van der Waals surface area contributed by atoms with Crippen molar-refractivity contribution in [2.45, 2.75) is 27.7 Å². The number of aryl methyl sites for hydroxylation is 2. The van der Waals surface area contributed by atoms with Crippen LogP contribution < -0.4 is 10.6 Å². The Kier molecular flexibility index (Phi) is 4.65. The van der Waals surface area contributed by atoms with Crippen molar-refractivity contribution in [3.8, 4) is 0 Å².